The minimum atomic E-state index is -1.06. The van der Waals surface area contributed by atoms with Crippen molar-refractivity contribution in [1.29, 1.82) is 0 Å². The number of carbonyl (C=O) groups excluding carboxylic acids is 3. The third-order valence-electron chi connectivity index (χ3n) is 3.63. The van der Waals surface area contributed by atoms with E-state index in [1.807, 2.05) is 0 Å². The Labute approximate surface area is 139 Å². The van der Waals surface area contributed by atoms with Gasteiger partial charge < -0.3 is 14.6 Å². The molecule has 1 saturated carbocycles. The van der Waals surface area contributed by atoms with Crippen LogP contribution >= 0.6 is 11.8 Å². The average Bonchev–Trinajstić information content (AvgIpc) is 2.53. The van der Waals surface area contributed by atoms with E-state index in [0.717, 1.165) is 32.1 Å². The van der Waals surface area contributed by atoms with Gasteiger partial charge in [0.2, 0.25) is 6.79 Å². The summed E-state index contributed by atoms with van der Waals surface area (Å²) in [6, 6.07) is 0. The SMILES string of the molecule is CC(SC(=O)OCOC(=O)C1CCCCC1)C(=O)CCC(=O)O. The maximum Gasteiger partial charge on any atom is 0.370 e. The van der Waals surface area contributed by atoms with E-state index in [4.69, 9.17) is 14.6 Å². The smallest absolute Gasteiger partial charge is 0.370 e. The second kappa shape index (κ2) is 10.3. The summed E-state index contributed by atoms with van der Waals surface area (Å²) in [6.45, 7) is 1.04. The first kappa shape index (κ1) is 19.5. The number of carboxylic acid groups (broad SMARTS) is 1. The molecule has 1 rings (SSSR count). The summed E-state index contributed by atoms with van der Waals surface area (Å²) in [4.78, 5) is 45.2. The predicted molar refractivity (Wildman–Crippen MR) is 82.9 cm³/mol. The van der Waals surface area contributed by atoms with Crippen LogP contribution in [0.25, 0.3) is 0 Å². The van der Waals surface area contributed by atoms with Gasteiger partial charge >= 0.3 is 17.2 Å². The van der Waals surface area contributed by atoms with Gasteiger partial charge in [-0.25, -0.2) is 4.79 Å². The zero-order valence-electron chi connectivity index (χ0n) is 13.1. The zero-order chi connectivity index (χ0) is 17.2. The van der Waals surface area contributed by atoms with Crippen molar-refractivity contribution >= 4 is 34.8 Å². The molecule has 7 nitrogen and oxygen atoms in total. The number of Topliss-reactive ketones (excluding diaryl/α,β-unsaturated/α-hetero) is 1. The Kier molecular flexibility index (Phi) is 8.68. The standard InChI is InChI=1S/C15H22O7S/c1-10(12(16)7-8-13(17)18)23-15(20)22-9-21-14(19)11-5-3-2-4-6-11/h10-11H,2-9H2,1H3,(H,17,18). The van der Waals surface area contributed by atoms with Gasteiger partial charge in [0.05, 0.1) is 17.6 Å². The summed E-state index contributed by atoms with van der Waals surface area (Å²) >= 11 is 0.652. The van der Waals surface area contributed by atoms with E-state index in [0.29, 0.717) is 11.8 Å². The molecule has 8 heteroatoms. The number of rotatable bonds is 8. The van der Waals surface area contributed by atoms with Crippen LogP contribution in [0.4, 0.5) is 4.79 Å². The van der Waals surface area contributed by atoms with Crippen LogP contribution in [0.3, 0.4) is 0 Å². The number of carboxylic acids is 1. The Balaban J connectivity index is 2.19. The molecule has 23 heavy (non-hydrogen) atoms. The van der Waals surface area contributed by atoms with Crippen LogP contribution < -0.4 is 0 Å². The Morgan fingerprint density at radius 3 is 2.35 bits per heavy atom. The van der Waals surface area contributed by atoms with Crippen LogP contribution in [-0.2, 0) is 23.9 Å². The van der Waals surface area contributed by atoms with Gasteiger partial charge in [0.25, 0.3) is 0 Å². The number of esters is 1. The zero-order valence-corrected chi connectivity index (χ0v) is 13.9. The van der Waals surface area contributed by atoms with Crippen molar-refractivity contribution in [3.8, 4) is 0 Å². The molecule has 1 unspecified atom stereocenters. The van der Waals surface area contributed by atoms with Crippen LogP contribution in [0.15, 0.2) is 0 Å². The van der Waals surface area contributed by atoms with Crippen molar-refractivity contribution in [2.24, 2.45) is 5.92 Å². The van der Waals surface area contributed by atoms with Crippen molar-refractivity contribution in [3.63, 3.8) is 0 Å². The maximum absolute atomic E-state index is 11.7. The lowest BCUT2D eigenvalue weighted by Gasteiger charge is -2.19. The molecule has 0 heterocycles. The summed E-state index contributed by atoms with van der Waals surface area (Å²) in [7, 11) is 0. The molecule has 0 bridgehead atoms. The number of hydrogen-bond donors (Lipinski definition) is 1. The van der Waals surface area contributed by atoms with E-state index in [1.165, 1.54) is 6.92 Å². The topological polar surface area (TPSA) is 107 Å². The summed E-state index contributed by atoms with van der Waals surface area (Å²) in [6.07, 6.45) is 4.35. The highest BCUT2D eigenvalue weighted by atomic mass is 32.2. The highest BCUT2D eigenvalue weighted by Crippen LogP contribution is 2.24. The minimum absolute atomic E-state index is 0.119. The predicted octanol–water partition coefficient (Wildman–Crippen LogP) is 2.76. The molecule has 0 aromatic rings. The highest BCUT2D eigenvalue weighted by Gasteiger charge is 2.23. The molecule has 1 aliphatic rings. The third kappa shape index (κ3) is 8.01. The molecular formula is C15H22O7S. The van der Waals surface area contributed by atoms with Gasteiger partial charge in [-0.05, 0) is 31.5 Å². The molecule has 0 amide bonds. The maximum atomic E-state index is 11.7. The number of aliphatic carboxylic acids is 1. The van der Waals surface area contributed by atoms with Gasteiger partial charge in [0, 0.05) is 6.42 Å². The number of hydrogen-bond acceptors (Lipinski definition) is 7. The fraction of sp³-hybridized carbons (Fsp3) is 0.733. The molecular weight excluding hydrogens is 324 g/mol. The molecule has 0 aromatic carbocycles. The van der Waals surface area contributed by atoms with Gasteiger partial charge in [-0.1, -0.05) is 19.3 Å². The Bertz CT molecular complexity index is 443. The van der Waals surface area contributed by atoms with Crippen molar-refractivity contribution in [1.82, 2.24) is 0 Å². The van der Waals surface area contributed by atoms with E-state index < -0.39 is 23.3 Å². The quantitative estimate of drug-likeness (QED) is 0.528. The van der Waals surface area contributed by atoms with Crippen LogP contribution in [0.5, 0.6) is 0 Å². The monoisotopic (exact) mass is 346 g/mol. The molecule has 1 N–H and O–H groups in total. The second-order valence-corrected chi connectivity index (χ2v) is 6.71. The molecule has 0 aromatic heterocycles. The van der Waals surface area contributed by atoms with Crippen molar-refractivity contribution in [2.75, 3.05) is 6.79 Å². The average molecular weight is 346 g/mol. The first-order chi connectivity index (χ1) is 10.9. The molecule has 1 fully saturated rings. The van der Waals surface area contributed by atoms with E-state index in [9.17, 15) is 19.2 Å². The van der Waals surface area contributed by atoms with E-state index in [-0.39, 0.29) is 30.5 Å². The number of thioether (sulfide) groups is 1. The van der Waals surface area contributed by atoms with Crippen molar-refractivity contribution in [3.05, 3.63) is 0 Å². The first-order valence-electron chi connectivity index (χ1n) is 7.64. The fourth-order valence-corrected chi connectivity index (χ4v) is 2.92. The Hall–Kier alpha value is -1.57. The summed E-state index contributed by atoms with van der Waals surface area (Å²) in [5.41, 5.74) is 0. The van der Waals surface area contributed by atoms with Crippen molar-refractivity contribution in [2.45, 2.75) is 57.1 Å². The minimum Gasteiger partial charge on any atom is -0.481 e. The van der Waals surface area contributed by atoms with Crippen molar-refractivity contribution < 1.29 is 33.8 Å². The number of ketones is 1. The van der Waals surface area contributed by atoms with E-state index in [1.54, 1.807) is 0 Å². The number of carbonyl (C=O) groups is 4. The lowest BCUT2D eigenvalue weighted by atomic mass is 9.89. The number of ether oxygens (including phenoxy) is 2. The van der Waals surface area contributed by atoms with Crippen LogP contribution in [0, 0.1) is 5.92 Å². The molecule has 0 saturated heterocycles. The van der Waals surface area contributed by atoms with E-state index in [2.05, 4.69) is 0 Å². The molecule has 130 valence electrons. The van der Waals surface area contributed by atoms with Gasteiger partial charge in [-0.15, -0.1) is 0 Å². The molecule has 1 aliphatic carbocycles. The van der Waals surface area contributed by atoms with Gasteiger partial charge in [0.15, 0.2) is 0 Å². The summed E-state index contributed by atoms with van der Waals surface area (Å²) in [5.74, 6) is -1.87. The van der Waals surface area contributed by atoms with Crippen LogP contribution in [0.1, 0.15) is 51.9 Å². The Morgan fingerprint density at radius 1 is 1.09 bits per heavy atom. The first-order valence-corrected chi connectivity index (χ1v) is 8.52. The largest absolute Gasteiger partial charge is 0.481 e. The molecule has 1 atom stereocenters. The van der Waals surface area contributed by atoms with E-state index >= 15 is 0 Å². The lowest BCUT2D eigenvalue weighted by Crippen LogP contribution is -2.22. The molecule has 0 aliphatic heterocycles. The summed E-state index contributed by atoms with van der Waals surface area (Å²) < 4.78 is 9.68. The summed E-state index contributed by atoms with van der Waals surface area (Å²) in [5, 5.41) is 7.08. The Morgan fingerprint density at radius 2 is 1.74 bits per heavy atom. The van der Waals surface area contributed by atoms with Gasteiger partial charge in [0.1, 0.15) is 5.78 Å². The molecule has 0 spiro atoms. The third-order valence-corrected chi connectivity index (χ3v) is 4.55. The normalized spacial score (nSPS) is 16.4. The highest BCUT2D eigenvalue weighted by molar-refractivity contribution is 8.14. The van der Waals surface area contributed by atoms with Gasteiger partial charge in [-0.2, -0.15) is 0 Å². The lowest BCUT2D eigenvalue weighted by molar-refractivity contribution is -0.157. The second-order valence-electron chi connectivity index (χ2n) is 5.43. The van der Waals surface area contributed by atoms with Gasteiger partial charge in [-0.3, -0.25) is 14.4 Å². The fourth-order valence-electron chi connectivity index (χ4n) is 2.27. The van der Waals surface area contributed by atoms with Crippen LogP contribution in [0.2, 0.25) is 0 Å². The molecule has 0 radical (unpaired) electrons. The van der Waals surface area contributed by atoms with Crippen LogP contribution in [-0.4, -0.2) is 40.2 Å².